The smallest absolute Gasteiger partial charge is 0.246 e. The fourth-order valence-corrected chi connectivity index (χ4v) is 5.00. The number of halogens is 1. The Morgan fingerprint density at radius 3 is 2.52 bits per heavy atom. The zero-order valence-corrected chi connectivity index (χ0v) is 22.1. The van der Waals surface area contributed by atoms with Gasteiger partial charge < -0.3 is 19.9 Å². The number of benzene rings is 2. The molecule has 2 aliphatic rings. The van der Waals surface area contributed by atoms with Gasteiger partial charge in [0.1, 0.15) is 41.2 Å². The minimum Gasteiger partial charge on any atom is -0.457 e. The van der Waals surface area contributed by atoms with E-state index in [1.54, 1.807) is 17.1 Å². The number of amides is 1. The zero-order valence-electron chi connectivity index (χ0n) is 22.1. The molecule has 0 spiro atoms. The first kappa shape index (κ1) is 25.6. The maximum atomic E-state index is 12.9. The second-order valence-electron chi connectivity index (χ2n) is 10.1. The molecule has 4 heterocycles. The number of anilines is 1. The number of aromatic nitrogens is 3. The third kappa shape index (κ3) is 5.14. The molecule has 2 aliphatic heterocycles. The highest BCUT2D eigenvalue weighted by Gasteiger charge is 2.29. The van der Waals surface area contributed by atoms with Gasteiger partial charge in [-0.15, -0.1) is 0 Å². The van der Waals surface area contributed by atoms with Crippen LogP contribution in [-0.2, 0) is 11.8 Å². The number of nitrogen functional groups attached to an aromatic ring is 1. The van der Waals surface area contributed by atoms with Crippen LogP contribution in [0.2, 0.25) is 0 Å². The molecule has 0 atom stereocenters. The lowest BCUT2D eigenvalue weighted by Gasteiger charge is -2.36. The monoisotopic (exact) mass is 536 g/mol. The van der Waals surface area contributed by atoms with Gasteiger partial charge in [-0.2, -0.15) is 0 Å². The SMILES string of the molecule is Cn1c(C#CC2CN(C(=O)/C=C/CN3CC(F)C3)C2)c(-c2ccc(Oc3ccccc3)cc2)c2c(N)ncnc21. The topological polar surface area (TPSA) is 89.5 Å². The van der Waals surface area contributed by atoms with E-state index in [4.69, 9.17) is 10.5 Å². The number of carbonyl (C=O) groups excluding carboxylic acids is 1. The Hall–Kier alpha value is -4.68. The molecule has 2 N–H and O–H groups in total. The molecule has 6 rings (SSSR count). The maximum Gasteiger partial charge on any atom is 0.246 e. The van der Waals surface area contributed by atoms with Gasteiger partial charge in [-0.05, 0) is 35.7 Å². The molecule has 2 aromatic carbocycles. The van der Waals surface area contributed by atoms with Crippen molar-refractivity contribution in [3.05, 3.63) is 78.8 Å². The molecule has 0 bridgehead atoms. The largest absolute Gasteiger partial charge is 0.457 e. The van der Waals surface area contributed by atoms with Crippen LogP contribution >= 0.6 is 0 Å². The van der Waals surface area contributed by atoms with Crippen molar-refractivity contribution < 1.29 is 13.9 Å². The Balaban J connectivity index is 1.20. The van der Waals surface area contributed by atoms with E-state index in [0.29, 0.717) is 44.2 Å². The number of fused-ring (bicyclic) bond motifs is 1. The summed E-state index contributed by atoms with van der Waals surface area (Å²) >= 11 is 0. The van der Waals surface area contributed by atoms with Crippen molar-refractivity contribution in [1.82, 2.24) is 24.3 Å². The third-order valence-electron chi connectivity index (χ3n) is 7.24. The first-order valence-electron chi connectivity index (χ1n) is 13.2. The summed E-state index contributed by atoms with van der Waals surface area (Å²) in [5.74, 6) is 8.59. The number of rotatable bonds is 6. The number of para-hydroxylation sites is 1. The predicted octanol–water partition coefficient (Wildman–Crippen LogP) is 4.03. The molecule has 2 aromatic heterocycles. The van der Waals surface area contributed by atoms with Gasteiger partial charge in [0.25, 0.3) is 0 Å². The van der Waals surface area contributed by atoms with E-state index in [1.807, 2.05) is 71.1 Å². The van der Waals surface area contributed by atoms with Crippen LogP contribution in [0.15, 0.2) is 73.1 Å². The summed E-state index contributed by atoms with van der Waals surface area (Å²) in [4.78, 5) is 24.9. The van der Waals surface area contributed by atoms with Gasteiger partial charge in [-0.25, -0.2) is 14.4 Å². The van der Waals surface area contributed by atoms with Crippen LogP contribution in [0.3, 0.4) is 0 Å². The van der Waals surface area contributed by atoms with Crippen LogP contribution in [0.5, 0.6) is 11.5 Å². The quantitative estimate of drug-likeness (QED) is 0.296. The van der Waals surface area contributed by atoms with Gasteiger partial charge in [0.15, 0.2) is 0 Å². The van der Waals surface area contributed by atoms with E-state index in [1.165, 1.54) is 6.33 Å². The number of carbonyl (C=O) groups is 1. The summed E-state index contributed by atoms with van der Waals surface area (Å²) in [6.45, 7) is 2.62. The minimum absolute atomic E-state index is 0.0403. The summed E-state index contributed by atoms with van der Waals surface area (Å²) in [7, 11) is 1.92. The number of nitrogens with zero attached hydrogens (tertiary/aromatic N) is 5. The van der Waals surface area contributed by atoms with Crippen molar-refractivity contribution in [1.29, 1.82) is 0 Å². The molecule has 202 valence electrons. The van der Waals surface area contributed by atoms with Crippen molar-refractivity contribution >= 4 is 22.8 Å². The molecule has 0 unspecified atom stereocenters. The number of alkyl halides is 1. The van der Waals surface area contributed by atoms with Gasteiger partial charge in [0.2, 0.25) is 5.91 Å². The Labute approximate surface area is 231 Å². The number of hydrogen-bond acceptors (Lipinski definition) is 6. The molecule has 0 saturated carbocycles. The minimum atomic E-state index is -0.738. The van der Waals surface area contributed by atoms with Crippen LogP contribution in [0.4, 0.5) is 10.2 Å². The number of aryl methyl sites for hydroxylation is 1. The molecule has 4 aromatic rings. The van der Waals surface area contributed by atoms with E-state index in [0.717, 1.165) is 33.7 Å². The van der Waals surface area contributed by atoms with Crippen molar-refractivity contribution in [2.75, 3.05) is 38.5 Å². The summed E-state index contributed by atoms with van der Waals surface area (Å²) < 4.78 is 20.8. The average Bonchev–Trinajstić information content (AvgIpc) is 3.20. The van der Waals surface area contributed by atoms with Crippen molar-refractivity contribution in [3.63, 3.8) is 0 Å². The van der Waals surface area contributed by atoms with Crippen LogP contribution in [-0.4, -0.2) is 69.1 Å². The molecule has 9 heteroatoms. The second-order valence-corrected chi connectivity index (χ2v) is 10.1. The molecule has 2 saturated heterocycles. The number of nitrogens with two attached hydrogens (primary N) is 1. The molecular weight excluding hydrogens is 507 g/mol. The van der Waals surface area contributed by atoms with Crippen molar-refractivity contribution in [3.8, 4) is 34.5 Å². The Kier molecular flexibility index (Phi) is 6.93. The van der Waals surface area contributed by atoms with Crippen LogP contribution in [0.1, 0.15) is 5.69 Å². The molecule has 8 nitrogen and oxygen atoms in total. The standard InChI is InChI=1S/C31H29FN6O2/c1-36-26(14-9-21-16-38(17-21)27(39)8-5-15-37-18-23(32)19-37)28(29-30(33)34-20-35-31(29)36)22-10-12-25(13-11-22)40-24-6-3-2-4-7-24/h2-8,10-13,20-21,23H,15-19H2,1H3,(H2,33,34,35)/b8-5+. The van der Waals surface area contributed by atoms with E-state index < -0.39 is 6.17 Å². The lowest BCUT2D eigenvalue weighted by Crippen LogP contribution is -2.49. The first-order chi connectivity index (χ1) is 19.5. The summed E-state index contributed by atoms with van der Waals surface area (Å²) in [5, 5.41) is 0.753. The molecular formula is C31H29FN6O2. The lowest BCUT2D eigenvalue weighted by atomic mass is 9.99. The summed E-state index contributed by atoms with van der Waals surface area (Å²) in [6.07, 6.45) is 4.09. The van der Waals surface area contributed by atoms with Crippen LogP contribution in [0.25, 0.3) is 22.2 Å². The lowest BCUT2D eigenvalue weighted by molar-refractivity contribution is -0.130. The Bertz CT molecular complexity index is 1630. The summed E-state index contributed by atoms with van der Waals surface area (Å²) in [5.41, 5.74) is 9.60. The average molecular weight is 537 g/mol. The zero-order chi connectivity index (χ0) is 27.6. The molecule has 2 fully saturated rings. The Morgan fingerprint density at radius 2 is 1.80 bits per heavy atom. The third-order valence-corrected chi connectivity index (χ3v) is 7.24. The van der Waals surface area contributed by atoms with Gasteiger partial charge >= 0.3 is 0 Å². The first-order valence-corrected chi connectivity index (χ1v) is 13.2. The number of hydrogen-bond donors (Lipinski definition) is 1. The van der Waals surface area contributed by atoms with Gasteiger partial charge in [-0.3, -0.25) is 9.69 Å². The fourth-order valence-electron chi connectivity index (χ4n) is 5.00. The normalized spacial score (nSPS) is 16.0. The molecule has 1 amide bonds. The highest BCUT2D eigenvalue weighted by atomic mass is 19.1. The highest BCUT2D eigenvalue weighted by molar-refractivity contribution is 6.03. The van der Waals surface area contributed by atoms with Crippen molar-refractivity contribution in [2.45, 2.75) is 6.17 Å². The second kappa shape index (κ2) is 10.8. The van der Waals surface area contributed by atoms with E-state index in [2.05, 4.69) is 21.8 Å². The molecule has 0 radical (unpaired) electrons. The molecule has 0 aliphatic carbocycles. The Morgan fingerprint density at radius 1 is 1.07 bits per heavy atom. The van der Waals surface area contributed by atoms with E-state index in [-0.39, 0.29) is 11.8 Å². The summed E-state index contributed by atoms with van der Waals surface area (Å²) in [6, 6.07) is 17.4. The number of ether oxygens (including phenoxy) is 1. The van der Waals surface area contributed by atoms with Crippen LogP contribution < -0.4 is 10.5 Å². The van der Waals surface area contributed by atoms with Crippen LogP contribution in [0, 0.1) is 17.8 Å². The maximum absolute atomic E-state index is 12.9. The van der Waals surface area contributed by atoms with E-state index in [9.17, 15) is 9.18 Å². The van der Waals surface area contributed by atoms with Gasteiger partial charge in [0, 0.05) is 51.4 Å². The van der Waals surface area contributed by atoms with Gasteiger partial charge in [-0.1, -0.05) is 42.3 Å². The number of likely N-dealkylation sites (tertiary alicyclic amines) is 2. The van der Waals surface area contributed by atoms with E-state index >= 15 is 0 Å². The molecule has 40 heavy (non-hydrogen) atoms. The van der Waals surface area contributed by atoms with Gasteiger partial charge in [0.05, 0.1) is 11.3 Å². The highest BCUT2D eigenvalue weighted by Crippen LogP contribution is 2.37. The predicted molar refractivity (Wildman–Crippen MR) is 152 cm³/mol. The van der Waals surface area contributed by atoms with Crippen molar-refractivity contribution in [2.24, 2.45) is 13.0 Å². The fraction of sp³-hybridized carbons (Fsp3) is 0.258.